The van der Waals surface area contributed by atoms with Crippen molar-refractivity contribution in [1.82, 2.24) is 9.62 Å². The smallest absolute Gasteiger partial charge is 0.251 e. The average molecular weight is 392 g/mol. The van der Waals surface area contributed by atoms with Crippen molar-refractivity contribution in [3.8, 4) is 5.75 Å². The number of hydrogen-bond acceptors (Lipinski definition) is 5. The summed E-state index contributed by atoms with van der Waals surface area (Å²) >= 11 is 0. The molecule has 0 atom stereocenters. The number of carbonyl (C=O) groups is 1. The number of halogens is 1. The van der Waals surface area contributed by atoms with E-state index in [1.807, 2.05) is 0 Å². The lowest BCUT2D eigenvalue weighted by molar-refractivity contribution is 0.0954. The Morgan fingerprint density at radius 2 is 1.88 bits per heavy atom. The molecular formula is C16H26ClN3O4S. The molecule has 1 saturated heterocycles. The minimum atomic E-state index is -3.70. The molecule has 1 heterocycles. The fraction of sp³-hybridized carbons (Fsp3) is 0.562. The van der Waals surface area contributed by atoms with E-state index in [9.17, 15) is 13.2 Å². The van der Waals surface area contributed by atoms with E-state index in [1.165, 1.54) is 23.5 Å². The van der Waals surface area contributed by atoms with Gasteiger partial charge in [-0.15, -0.1) is 12.4 Å². The number of ether oxygens (including phenoxy) is 1. The number of carbonyl (C=O) groups excluding carboxylic acids is 1. The molecule has 0 saturated carbocycles. The van der Waals surface area contributed by atoms with Gasteiger partial charge in [0.25, 0.3) is 5.91 Å². The number of nitrogens with zero attached hydrogens (tertiary/aromatic N) is 1. The second-order valence-corrected chi connectivity index (χ2v) is 7.63. The van der Waals surface area contributed by atoms with E-state index < -0.39 is 10.0 Å². The van der Waals surface area contributed by atoms with Crippen molar-refractivity contribution in [3.63, 3.8) is 0 Å². The Morgan fingerprint density at radius 1 is 1.24 bits per heavy atom. The molecule has 1 amide bonds. The number of amides is 1. The molecular weight excluding hydrogens is 366 g/mol. The second kappa shape index (κ2) is 9.96. The Bertz CT molecular complexity index is 674. The summed E-state index contributed by atoms with van der Waals surface area (Å²) < 4.78 is 32.7. The van der Waals surface area contributed by atoms with Gasteiger partial charge in [-0.3, -0.25) is 4.79 Å². The monoisotopic (exact) mass is 391 g/mol. The first-order valence-corrected chi connectivity index (χ1v) is 9.61. The summed E-state index contributed by atoms with van der Waals surface area (Å²) in [4.78, 5) is 12.1. The van der Waals surface area contributed by atoms with E-state index in [2.05, 4.69) is 5.32 Å². The molecule has 0 unspecified atom stereocenters. The number of hydrogen-bond donors (Lipinski definition) is 2. The zero-order chi connectivity index (χ0) is 17.6. The van der Waals surface area contributed by atoms with Crippen LogP contribution in [0.25, 0.3) is 0 Å². The van der Waals surface area contributed by atoms with Crippen molar-refractivity contribution >= 4 is 28.3 Å². The maximum Gasteiger partial charge on any atom is 0.251 e. The minimum absolute atomic E-state index is 0. The van der Waals surface area contributed by atoms with Gasteiger partial charge in [0.2, 0.25) is 10.0 Å². The van der Waals surface area contributed by atoms with Gasteiger partial charge in [-0.1, -0.05) is 12.8 Å². The van der Waals surface area contributed by atoms with E-state index in [0.717, 1.165) is 25.7 Å². The first-order valence-electron chi connectivity index (χ1n) is 8.17. The first kappa shape index (κ1) is 21.7. The topological polar surface area (TPSA) is 102 Å². The van der Waals surface area contributed by atoms with E-state index in [0.29, 0.717) is 26.2 Å². The van der Waals surface area contributed by atoms with E-state index in [4.69, 9.17) is 10.5 Å². The molecule has 0 aromatic heterocycles. The highest BCUT2D eigenvalue weighted by atomic mass is 35.5. The Morgan fingerprint density at radius 3 is 2.44 bits per heavy atom. The lowest BCUT2D eigenvalue weighted by Crippen LogP contribution is -2.33. The molecule has 2 rings (SSSR count). The highest BCUT2D eigenvalue weighted by Crippen LogP contribution is 2.29. The molecule has 0 aliphatic carbocycles. The molecule has 1 aliphatic heterocycles. The van der Waals surface area contributed by atoms with E-state index in [1.54, 1.807) is 6.07 Å². The number of nitrogens with one attached hydrogen (secondary N) is 1. The molecule has 142 valence electrons. The van der Waals surface area contributed by atoms with Crippen molar-refractivity contribution in [3.05, 3.63) is 23.8 Å². The van der Waals surface area contributed by atoms with Gasteiger partial charge in [-0.05, 0) is 31.0 Å². The molecule has 0 radical (unpaired) electrons. The lowest BCUT2D eigenvalue weighted by atomic mass is 10.2. The van der Waals surface area contributed by atoms with Gasteiger partial charge in [0.15, 0.2) is 0 Å². The van der Waals surface area contributed by atoms with Crippen molar-refractivity contribution in [2.75, 3.05) is 33.3 Å². The third-order valence-corrected chi connectivity index (χ3v) is 5.96. The fourth-order valence-corrected chi connectivity index (χ4v) is 4.43. The minimum Gasteiger partial charge on any atom is -0.495 e. The van der Waals surface area contributed by atoms with Gasteiger partial charge in [0.05, 0.1) is 7.11 Å². The van der Waals surface area contributed by atoms with Gasteiger partial charge in [0, 0.05) is 31.7 Å². The summed E-state index contributed by atoms with van der Waals surface area (Å²) in [6.45, 7) is 1.64. The standard InChI is InChI=1S/C16H25N3O4S.ClH/c1-23-14-7-6-13(16(20)18-9-8-17)12-15(14)24(21,22)19-10-4-2-3-5-11-19;/h6-7,12H,2-5,8-11,17H2,1H3,(H,18,20);1H. The average Bonchev–Trinajstić information content (AvgIpc) is 2.89. The summed E-state index contributed by atoms with van der Waals surface area (Å²) in [6.07, 6.45) is 3.76. The maximum atomic E-state index is 13.0. The van der Waals surface area contributed by atoms with Crippen LogP contribution < -0.4 is 15.8 Å². The van der Waals surface area contributed by atoms with Crippen LogP contribution in [0.3, 0.4) is 0 Å². The van der Waals surface area contributed by atoms with Crippen LogP contribution in [-0.2, 0) is 10.0 Å². The zero-order valence-electron chi connectivity index (χ0n) is 14.4. The number of nitrogens with two attached hydrogens (primary N) is 1. The van der Waals surface area contributed by atoms with Crippen LogP contribution >= 0.6 is 12.4 Å². The Hall–Kier alpha value is -1.35. The number of benzene rings is 1. The summed E-state index contributed by atoms with van der Waals surface area (Å²) in [6, 6.07) is 4.44. The molecule has 1 aliphatic rings. The quantitative estimate of drug-likeness (QED) is 0.762. The predicted molar refractivity (Wildman–Crippen MR) is 98.9 cm³/mol. The molecule has 1 aromatic carbocycles. The third-order valence-electron chi connectivity index (χ3n) is 4.04. The molecule has 3 N–H and O–H groups in total. The molecule has 1 fully saturated rings. The molecule has 1 aromatic rings. The first-order chi connectivity index (χ1) is 11.5. The van der Waals surface area contributed by atoms with Crippen LogP contribution in [-0.4, -0.2) is 51.9 Å². The second-order valence-electron chi connectivity index (χ2n) is 5.73. The van der Waals surface area contributed by atoms with Gasteiger partial charge in [-0.25, -0.2) is 8.42 Å². The van der Waals surface area contributed by atoms with Crippen LogP contribution in [0, 0.1) is 0 Å². The Labute approximate surface area is 155 Å². The fourth-order valence-electron chi connectivity index (χ4n) is 2.73. The summed E-state index contributed by atoms with van der Waals surface area (Å²) in [5.41, 5.74) is 5.65. The lowest BCUT2D eigenvalue weighted by Gasteiger charge is -2.21. The van der Waals surface area contributed by atoms with Crippen LogP contribution in [0.2, 0.25) is 0 Å². The van der Waals surface area contributed by atoms with Gasteiger partial charge in [0.1, 0.15) is 10.6 Å². The largest absolute Gasteiger partial charge is 0.495 e. The normalized spacial score (nSPS) is 15.8. The van der Waals surface area contributed by atoms with Crippen LogP contribution in [0.5, 0.6) is 5.75 Å². The predicted octanol–water partition coefficient (Wildman–Crippen LogP) is 1.37. The van der Waals surface area contributed by atoms with Crippen LogP contribution in [0.1, 0.15) is 36.0 Å². The molecule has 7 nitrogen and oxygen atoms in total. The number of rotatable bonds is 6. The maximum absolute atomic E-state index is 13.0. The van der Waals surface area contributed by atoms with E-state index in [-0.39, 0.29) is 34.5 Å². The van der Waals surface area contributed by atoms with Crippen molar-refractivity contribution in [1.29, 1.82) is 0 Å². The van der Waals surface area contributed by atoms with Gasteiger partial charge in [-0.2, -0.15) is 4.31 Å². The zero-order valence-corrected chi connectivity index (χ0v) is 16.0. The van der Waals surface area contributed by atoms with Crippen molar-refractivity contribution in [2.45, 2.75) is 30.6 Å². The Kier molecular flexibility index (Phi) is 8.64. The van der Waals surface area contributed by atoms with Crippen LogP contribution in [0.15, 0.2) is 23.1 Å². The molecule has 0 spiro atoms. The highest BCUT2D eigenvalue weighted by molar-refractivity contribution is 7.89. The summed E-state index contributed by atoms with van der Waals surface area (Å²) in [5.74, 6) is -0.106. The Balaban J connectivity index is 0.00000312. The van der Waals surface area contributed by atoms with Gasteiger partial charge < -0.3 is 15.8 Å². The number of methoxy groups -OCH3 is 1. The van der Waals surface area contributed by atoms with Gasteiger partial charge >= 0.3 is 0 Å². The molecule has 25 heavy (non-hydrogen) atoms. The highest BCUT2D eigenvalue weighted by Gasteiger charge is 2.29. The summed E-state index contributed by atoms with van der Waals surface area (Å²) in [7, 11) is -2.28. The third kappa shape index (κ3) is 5.31. The molecule has 9 heteroatoms. The van der Waals surface area contributed by atoms with Crippen molar-refractivity contribution in [2.24, 2.45) is 5.73 Å². The SMILES string of the molecule is COc1ccc(C(=O)NCCN)cc1S(=O)(=O)N1CCCCCC1.Cl. The summed E-state index contributed by atoms with van der Waals surface area (Å²) in [5, 5.41) is 2.64. The van der Waals surface area contributed by atoms with Crippen LogP contribution in [0.4, 0.5) is 0 Å². The number of sulfonamides is 1. The van der Waals surface area contributed by atoms with Crippen molar-refractivity contribution < 1.29 is 17.9 Å². The molecule has 0 bridgehead atoms. The van der Waals surface area contributed by atoms with E-state index >= 15 is 0 Å².